The predicted molar refractivity (Wildman–Crippen MR) is 69.2 cm³/mol. The summed E-state index contributed by atoms with van der Waals surface area (Å²) in [6.07, 6.45) is 0. The van der Waals surface area contributed by atoms with Gasteiger partial charge >= 0.3 is 0 Å². The van der Waals surface area contributed by atoms with E-state index < -0.39 is 0 Å². The first-order valence-electron chi connectivity index (χ1n) is 6.04. The molecule has 0 spiro atoms. The van der Waals surface area contributed by atoms with Crippen molar-refractivity contribution in [2.75, 3.05) is 23.7 Å². The average Bonchev–Trinajstić information content (AvgIpc) is 2.30. The molecule has 2 rings (SSSR count). The fourth-order valence-corrected chi connectivity index (χ4v) is 1.68. The minimum atomic E-state index is 0.429. The first kappa shape index (κ1) is 12.7. The maximum atomic E-state index is 4.47. The molecular weight excluding hydrogens is 200 g/mol. The van der Waals surface area contributed by atoms with Crippen LogP contribution in [0, 0.1) is 6.92 Å². The molecule has 1 aliphatic rings. The quantitative estimate of drug-likeness (QED) is 0.767. The summed E-state index contributed by atoms with van der Waals surface area (Å²) in [6.45, 7) is 12.1. The monoisotopic (exact) mass is 222 g/mol. The predicted octanol–water partition coefficient (Wildman–Crippen LogP) is 2.77. The molecule has 1 aromatic heterocycles. The molecule has 0 atom stereocenters. The van der Waals surface area contributed by atoms with E-state index in [0.29, 0.717) is 5.92 Å². The Balaban J connectivity index is 0.000000606. The Labute approximate surface area is 97.9 Å². The maximum Gasteiger partial charge on any atom is 0.153 e. The van der Waals surface area contributed by atoms with Crippen LogP contribution in [0.1, 0.15) is 45.1 Å². The lowest BCUT2D eigenvalue weighted by Gasteiger charge is -2.22. The highest BCUT2D eigenvalue weighted by molar-refractivity contribution is 5.69. The van der Waals surface area contributed by atoms with Crippen LogP contribution in [0.4, 0.5) is 11.5 Å². The number of fused-ring (bicyclic) bond motifs is 1. The molecule has 0 fully saturated rings. The van der Waals surface area contributed by atoms with Gasteiger partial charge in [0.05, 0.1) is 11.4 Å². The van der Waals surface area contributed by atoms with Crippen molar-refractivity contribution in [3.63, 3.8) is 0 Å². The van der Waals surface area contributed by atoms with Crippen LogP contribution in [0.5, 0.6) is 0 Å². The van der Waals surface area contributed by atoms with Crippen LogP contribution in [0.15, 0.2) is 0 Å². The van der Waals surface area contributed by atoms with Gasteiger partial charge in [0.15, 0.2) is 5.82 Å². The molecule has 2 N–H and O–H groups in total. The molecule has 90 valence electrons. The van der Waals surface area contributed by atoms with Crippen molar-refractivity contribution in [2.45, 2.75) is 40.5 Å². The van der Waals surface area contributed by atoms with Crippen molar-refractivity contribution in [1.29, 1.82) is 0 Å². The van der Waals surface area contributed by atoms with E-state index in [4.69, 9.17) is 0 Å². The number of aryl methyl sites for hydroxylation is 1. The maximum absolute atomic E-state index is 4.47. The van der Waals surface area contributed by atoms with Crippen LogP contribution < -0.4 is 10.6 Å². The van der Waals surface area contributed by atoms with Gasteiger partial charge in [-0.1, -0.05) is 27.7 Å². The van der Waals surface area contributed by atoms with E-state index in [-0.39, 0.29) is 0 Å². The van der Waals surface area contributed by atoms with Crippen molar-refractivity contribution in [1.82, 2.24) is 9.97 Å². The van der Waals surface area contributed by atoms with Gasteiger partial charge in [0.1, 0.15) is 5.82 Å². The Morgan fingerprint density at radius 1 is 1.06 bits per heavy atom. The highest BCUT2D eigenvalue weighted by Gasteiger charge is 2.17. The van der Waals surface area contributed by atoms with E-state index in [1.165, 1.54) is 0 Å². The number of hydrogen-bond donors (Lipinski definition) is 2. The van der Waals surface area contributed by atoms with Crippen LogP contribution in [0.2, 0.25) is 0 Å². The molecule has 0 saturated heterocycles. The third kappa shape index (κ3) is 2.62. The van der Waals surface area contributed by atoms with E-state index in [1.54, 1.807) is 0 Å². The second-order valence-corrected chi connectivity index (χ2v) is 3.89. The van der Waals surface area contributed by atoms with Gasteiger partial charge in [-0.15, -0.1) is 0 Å². The van der Waals surface area contributed by atoms with Crippen LogP contribution in [0.25, 0.3) is 0 Å². The van der Waals surface area contributed by atoms with Gasteiger partial charge in [0.25, 0.3) is 0 Å². The van der Waals surface area contributed by atoms with E-state index in [2.05, 4.69) is 34.4 Å². The lowest BCUT2D eigenvalue weighted by Crippen LogP contribution is -2.24. The summed E-state index contributed by atoms with van der Waals surface area (Å²) < 4.78 is 0. The lowest BCUT2D eigenvalue weighted by molar-refractivity contribution is 0.796. The highest BCUT2D eigenvalue weighted by atomic mass is 15.1. The van der Waals surface area contributed by atoms with Gasteiger partial charge in [-0.05, 0) is 12.8 Å². The van der Waals surface area contributed by atoms with E-state index in [9.17, 15) is 0 Å². The molecule has 2 heterocycles. The van der Waals surface area contributed by atoms with Gasteiger partial charge < -0.3 is 10.6 Å². The Hall–Kier alpha value is -1.32. The Kier molecular flexibility index (Phi) is 4.52. The number of hydrogen-bond acceptors (Lipinski definition) is 4. The first-order chi connectivity index (χ1) is 7.68. The van der Waals surface area contributed by atoms with Crippen molar-refractivity contribution in [3.05, 3.63) is 11.5 Å². The fourth-order valence-electron chi connectivity index (χ4n) is 1.68. The molecule has 0 amide bonds. The van der Waals surface area contributed by atoms with Crippen LogP contribution >= 0.6 is 0 Å². The lowest BCUT2D eigenvalue weighted by atomic mass is 10.1. The van der Waals surface area contributed by atoms with Crippen molar-refractivity contribution in [3.8, 4) is 0 Å². The summed E-state index contributed by atoms with van der Waals surface area (Å²) in [5, 5.41) is 6.64. The van der Waals surface area contributed by atoms with E-state index >= 15 is 0 Å². The summed E-state index contributed by atoms with van der Waals surface area (Å²) in [5.41, 5.74) is 2.19. The highest BCUT2D eigenvalue weighted by Crippen LogP contribution is 2.29. The second-order valence-electron chi connectivity index (χ2n) is 3.89. The largest absolute Gasteiger partial charge is 0.379 e. The van der Waals surface area contributed by atoms with Crippen LogP contribution in [0.3, 0.4) is 0 Å². The third-order valence-corrected chi connectivity index (χ3v) is 2.31. The number of anilines is 2. The van der Waals surface area contributed by atoms with Crippen molar-refractivity contribution < 1.29 is 0 Å². The smallest absolute Gasteiger partial charge is 0.153 e. The fraction of sp³-hybridized carbons (Fsp3) is 0.667. The Morgan fingerprint density at radius 2 is 1.69 bits per heavy atom. The summed E-state index contributed by atoms with van der Waals surface area (Å²) in [6, 6.07) is 0. The zero-order valence-corrected chi connectivity index (χ0v) is 10.9. The SMILES string of the molecule is CC.Cc1nc2c(c(C(C)C)n1)NCCN2. The van der Waals surface area contributed by atoms with Crippen molar-refractivity contribution >= 4 is 11.5 Å². The normalized spacial score (nSPS) is 13.1. The molecular formula is C12H22N4. The minimum Gasteiger partial charge on any atom is -0.379 e. The molecule has 0 bridgehead atoms. The minimum absolute atomic E-state index is 0.429. The molecule has 0 aliphatic carbocycles. The van der Waals surface area contributed by atoms with Gasteiger partial charge in [0, 0.05) is 13.1 Å². The summed E-state index contributed by atoms with van der Waals surface area (Å²) in [4.78, 5) is 8.84. The molecule has 16 heavy (non-hydrogen) atoms. The van der Waals surface area contributed by atoms with E-state index in [1.807, 2.05) is 20.8 Å². The van der Waals surface area contributed by atoms with Gasteiger partial charge in [-0.2, -0.15) is 0 Å². The number of nitrogens with zero attached hydrogens (tertiary/aromatic N) is 2. The molecule has 4 heteroatoms. The summed E-state index contributed by atoms with van der Waals surface area (Å²) in [7, 11) is 0. The number of rotatable bonds is 1. The molecule has 1 aromatic rings. The zero-order valence-electron chi connectivity index (χ0n) is 10.9. The average molecular weight is 222 g/mol. The molecule has 0 aromatic carbocycles. The summed E-state index contributed by atoms with van der Waals surface area (Å²) in [5.74, 6) is 2.22. The molecule has 1 aliphatic heterocycles. The van der Waals surface area contributed by atoms with Crippen molar-refractivity contribution in [2.24, 2.45) is 0 Å². The van der Waals surface area contributed by atoms with Gasteiger partial charge in [0.2, 0.25) is 0 Å². The molecule has 0 radical (unpaired) electrons. The topological polar surface area (TPSA) is 49.8 Å². The number of nitrogens with one attached hydrogen (secondary N) is 2. The van der Waals surface area contributed by atoms with Gasteiger partial charge in [-0.3, -0.25) is 0 Å². The number of aromatic nitrogens is 2. The Bertz CT molecular complexity index is 347. The molecule has 0 unspecified atom stereocenters. The second kappa shape index (κ2) is 5.68. The molecule has 0 saturated carbocycles. The Morgan fingerprint density at radius 3 is 2.31 bits per heavy atom. The van der Waals surface area contributed by atoms with Crippen LogP contribution in [-0.4, -0.2) is 23.1 Å². The van der Waals surface area contributed by atoms with Crippen LogP contribution in [-0.2, 0) is 0 Å². The first-order valence-corrected chi connectivity index (χ1v) is 6.04. The third-order valence-electron chi connectivity index (χ3n) is 2.31. The summed E-state index contributed by atoms with van der Waals surface area (Å²) >= 11 is 0. The van der Waals surface area contributed by atoms with E-state index in [0.717, 1.165) is 36.1 Å². The van der Waals surface area contributed by atoms with Gasteiger partial charge in [-0.25, -0.2) is 9.97 Å². The molecule has 4 nitrogen and oxygen atoms in total. The zero-order chi connectivity index (χ0) is 12.1. The standard InChI is InChI=1S/C10H16N4.C2H6/c1-6(2)8-9-10(12-5-4-11-9)14-7(3)13-8;1-2/h6,11H,4-5H2,1-3H3,(H,12,13,14);1-2H3.